The number of hydrogen-bond donors (Lipinski definition) is 1. The van der Waals surface area contributed by atoms with E-state index in [1.165, 1.54) is 12.0 Å². The first-order chi connectivity index (χ1) is 9.27. The van der Waals surface area contributed by atoms with Crippen LogP contribution in [0.4, 0.5) is 0 Å². The van der Waals surface area contributed by atoms with E-state index in [2.05, 4.69) is 35.1 Å². The Balaban J connectivity index is 2.23. The standard InChI is InChI=1S/C15H27N3O/c1-4-14(2)18(10-11-19-3)9-8-17-13-15-6-5-7-16-12-15/h5-7,12,14,17H,4,8-11,13H2,1-3H3. The lowest BCUT2D eigenvalue weighted by molar-refractivity contribution is 0.123. The molecule has 0 saturated heterocycles. The second-order valence-corrected chi connectivity index (χ2v) is 4.82. The number of pyridine rings is 1. The summed E-state index contributed by atoms with van der Waals surface area (Å²) in [5, 5.41) is 3.47. The number of hydrogen-bond acceptors (Lipinski definition) is 4. The summed E-state index contributed by atoms with van der Waals surface area (Å²) in [5.41, 5.74) is 1.23. The topological polar surface area (TPSA) is 37.4 Å². The van der Waals surface area contributed by atoms with E-state index < -0.39 is 0 Å². The van der Waals surface area contributed by atoms with E-state index in [0.29, 0.717) is 6.04 Å². The summed E-state index contributed by atoms with van der Waals surface area (Å²) in [6.07, 6.45) is 4.88. The number of ether oxygens (including phenoxy) is 1. The highest BCUT2D eigenvalue weighted by atomic mass is 16.5. The summed E-state index contributed by atoms with van der Waals surface area (Å²) < 4.78 is 5.17. The molecular weight excluding hydrogens is 238 g/mol. The van der Waals surface area contributed by atoms with Crippen molar-refractivity contribution in [3.05, 3.63) is 30.1 Å². The molecule has 0 aliphatic carbocycles. The van der Waals surface area contributed by atoms with Gasteiger partial charge in [-0.25, -0.2) is 0 Å². The largest absolute Gasteiger partial charge is 0.383 e. The van der Waals surface area contributed by atoms with Crippen molar-refractivity contribution < 1.29 is 4.74 Å². The minimum atomic E-state index is 0.607. The average molecular weight is 265 g/mol. The van der Waals surface area contributed by atoms with Gasteiger partial charge in [-0.05, 0) is 25.0 Å². The Labute approximate surface area is 117 Å². The lowest BCUT2D eigenvalue weighted by Crippen LogP contribution is -2.40. The van der Waals surface area contributed by atoms with Crippen LogP contribution in [0.2, 0.25) is 0 Å². The normalized spacial score (nSPS) is 12.8. The molecule has 0 aliphatic heterocycles. The fourth-order valence-electron chi connectivity index (χ4n) is 1.98. The Morgan fingerprint density at radius 3 is 2.89 bits per heavy atom. The lowest BCUT2D eigenvalue weighted by Gasteiger charge is -2.28. The van der Waals surface area contributed by atoms with Gasteiger partial charge in [0, 0.05) is 51.7 Å². The highest BCUT2D eigenvalue weighted by Gasteiger charge is 2.10. The van der Waals surface area contributed by atoms with E-state index in [-0.39, 0.29) is 0 Å². The molecule has 1 unspecified atom stereocenters. The summed E-state index contributed by atoms with van der Waals surface area (Å²) in [6, 6.07) is 4.67. The van der Waals surface area contributed by atoms with Crippen molar-refractivity contribution in [2.24, 2.45) is 0 Å². The Hall–Kier alpha value is -0.970. The van der Waals surface area contributed by atoms with Crippen LogP contribution < -0.4 is 5.32 Å². The monoisotopic (exact) mass is 265 g/mol. The molecule has 108 valence electrons. The maximum absolute atomic E-state index is 5.17. The summed E-state index contributed by atoms with van der Waals surface area (Å²) >= 11 is 0. The van der Waals surface area contributed by atoms with E-state index >= 15 is 0 Å². The number of nitrogens with one attached hydrogen (secondary N) is 1. The third-order valence-electron chi connectivity index (χ3n) is 3.42. The third kappa shape index (κ3) is 6.66. The van der Waals surface area contributed by atoms with Gasteiger partial charge < -0.3 is 10.1 Å². The van der Waals surface area contributed by atoms with E-state index in [1.54, 1.807) is 13.3 Å². The molecule has 0 aromatic carbocycles. The number of aromatic nitrogens is 1. The molecule has 4 heteroatoms. The zero-order valence-corrected chi connectivity index (χ0v) is 12.4. The maximum atomic E-state index is 5.17. The van der Waals surface area contributed by atoms with Crippen molar-refractivity contribution in [1.82, 2.24) is 15.2 Å². The molecule has 0 spiro atoms. The van der Waals surface area contributed by atoms with Crippen LogP contribution in [0.1, 0.15) is 25.8 Å². The van der Waals surface area contributed by atoms with E-state index in [9.17, 15) is 0 Å². The minimum Gasteiger partial charge on any atom is -0.383 e. The van der Waals surface area contributed by atoms with Gasteiger partial charge in [0.15, 0.2) is 0 Å². The molecule has 1 N–H and O–H groups in total. The minimum absolute atomic E-state index is 0.607. The first-order valence-electron chi connectivity index (χ1n) is 7.10. The van der Waals surface area contributed by atoms with Crippen molar-refractivity contribution in [3.63, 3.8) is 0 Å². The Bertz CT molecular complexity index is 318. The summed E-state index contributed by atoms with van der Waals surface area (Å²) in [7, 11) is 1.76. The first-order valence-corrected chi connectivity index (χ1v) is 7.10. The van der Waals surface area contributed by atoms with Crippen molar-refractivity contribution in [3.8, 4) is 0 Å². The maximum Gasteiger partial charge on any atom is 0.0589 e. The molecule has 0 aliphatic rings. The van der Waals surface area contributed by atoms with Gasteiger partial charge in [0.1, 0.15) is 0 Å². The second kappa shape index (κ2) is 9.89. The van der Waals surface area contributed by atoms with Gasteiger partial charge in [0.25, 0.3) is 0 Å². The van der Waals surface area contributed by atoms with Gasteiger partial charge in [0.05, 0.1) is 6.61 Å². The fraction of sp³-hybridized carbons (Fsp3) is 0.667. The highest BCUT2D eigenvalue weighted by Crippen LogP contribution is 2.02. The van der Waals surface area contributed by atoms with Gasteiger partial charge in [-0.3, -0.25) is 9.88 Å². The quantitative estimate of drug-likeness (QED) is 0.656. The van der Waals surface area contributed by atoms with E-state index in [4.69, 9.17) is 4.74 Å². The van der Waals surface area contributed by atoms with Crippen LogP contribution in [-0.4, -0.2) is 49.3 Å². The molecule has 1 atom stereocenters. The van der Waals surface area contributed by atoms with Crippen LogP contribution >= 0.6 is 0 Å². The van der Waals surface area contributed by atoms with Gasteiger partial charge in [-0.2, -0.15) is 0 Å². The number of methoxy groups -OCH3 is 1. The van der Waals surface area contributed by atoms with Gasteiger partial charge >= 0.3 is 0 Å². The average Bonchev–Trinajstić information content (AvgIpc) is 2.47. The van der Waals surface area contributed by atoms with Crippen LogP contribution in [0.15, 0.2) is 24.5 Å². The van der Waals surface area contributed by atoms with Crippen molar-refractivity contribution >= 4 is 0 Å². The summed E-state index contributed by atoms with van der Waals surface area (Å²) in [6.45, 7) is 9.23. The molecule has 0 saturated carbocycles. The molecule has 1 aromatic heterocycles. The molecule has 0 radical (unpaired) electrons. The Morgan fingerprint density at radius 1 is 1.42 bits per heavy atom. The lowest BCUT2D eigenvalue weighted by atomic mass is 10.2. The smallest absolute Gasteiger partial charge is 0.0589 e. The third-order valence-corrected chi connectivity index (χ3v) is 3.42. The molecule has 0 amide bonds. The Kier molecular flexibility index (Phi) is 8.38. The zero-order chi connectivity index (χ0) is 13.9. The van der Waals surface area contributed by atoms with Crippen LogP contribution in [0, 0.1) is 0 Å². The summed E-state index contributed by atoms with van der Waals surface area (Å²) in [5.74, 6) is 0. The number of rotatable bonds is 10. The predicted molar refractivity (Wildman–Crippen MR) is 79.1 cm³/mol. The molecule has 1 rings (SSSR count). The van der Waals surface area contributed by atoms with Crippen molar-refractivity contribution in [2.45, 2.75) is 32.9 Å². The SMILES string of the molecule is CCC(C)N(CCNCc1cccnc1)CCOC. The zero-order valence-electron chi connectivity index (χ0n) is 12.4. The molecule has 1 heterocycles. The van der Waals surface area contributed by atoms with Crippen molar-refractivity contribution in [2.75, 3.05) is 33.4 Å². The summed E-state index contributed by atoms with van der Waals surface area (Å²) in [4.78, 5) is 6.59. The molecular formula is C15H27N3O. The first kappa shape index (κ1) is 16.1. The molecule has 4 nitrogen and oxygen atoms in total. The fourth-order valence-corrected chi connectivity index (χ4v) is 1.98. The van der Waals surface area contributed by atoms with Gasteiger partial charge in [-0.15, -0.1) is 0 Å². The van der Waals surface area contributed by atoms with Crippen LogP contribution in [-0.2, 0) is 11.3 Å². The van der Waals surface area contributed by atoms with Crippen LogP contribution in [0.25, 0.3) is 0 Å². The van der Waals surface area contributed by atoms with E-state index in [1.807, 2.05) is 12.3 Å². The van der Waals surface area contributed by atoms with Crippen molar-refractivity contribution in [1.29, 1.82) is 0 Å². The van der Waals surface area contributed by atoms with Crippen LogP contribution in [0.3, 0.4) is 0 Å². The molecule has 0 bridgehead atoms. The van der Waals surface area contributed by atoms with Crippen LogP contribution in [0.5, 0.6) is 0 Å². The second-order valence-electron chi connectivity index (χ2n) is 4.82. The predicted octanol–water partition coefficient (Wildman–Crippen LogP) is 1.92. The molecule has 1 aromatic rings. The Morgan fingerprint density at radius 2 is 2.26 bits per heavy atom. The highest BCUT2D eigenvalue weighted by molar-refractivity contribution is 5.07. The van der Waals surface area contributed by atoms with E-state index in [0.717, 1.165) is 32.8 Å². The van der Waals surface area contributed by atoms with Gasteiger partial charge in [-0.1, -0.05) is 13.0 Å². The molecule has 0 fully saturated rings. The number of nitrogens with zero attached hydrogens (tertiary/aromatic N) is 2. The molecule has 19 heavy (non-hydrogen) atoms. The van der Waals surface area contributed by atoms with Gasteiger partial charge in [0.2, 0.25) is 0 Å².